The van der Waals surface area contributed by atoms with E-state index in [9.17, 15) is 9.59 Å². The zero-order valence-electron chi connectivity index (χ0n) is 16.9. The van der Waals surface area contributed by atoms with Crippen LogP contribution in [0.15, 0.2) is 51.6 Å². The molecular weight excluding hydrogens is 448 g/mol. The molecule has 1 atom stereocenters. The van der Waals surface area contributed by atoms with E-state index in [4.69, 9.17) is 9.15 Å². The highest BCUT2D eigenvalue weighted by molar-refractivity contribution is 9.10. The fourth-order valence-electron chi connectivity index (χ4n) is 4.51. The number of halogens is 1. The van der Waals surface area contributed by atoms with E-state index in [1.54, 1.807) is 17.0 Å². The minimum Gasteiger partial charge on any atom is -0.459 e. The zero-order chi connectivity index (χ0) is 21.0. The van der Waals surface area contributed by atoms with Crippen LogP contribution in [-0.2, 0) is 14.9 Å². The third-order valence-electron chi connectivity index (χ3n) is 6.29. The molecule has 2 amide bonds. The Morgan fingerprint density at radius 3 is 2.73 bits per heavy atom. The number of piperidine rings is 1. The molecule has 0 spiro atoms. The van der Waals surface area contributed by atoms with Crippen LogP contribution >= 0.6 is 15.9 Å². The van der Waals surface area contributed by atoms with Crippen molar-refractivity contribution in [2.75, 3.05) is 26.3 Å². The summed E-state index contributed by atoms with van der Waals surface area (Å²) in [5.74, 6) is -0.0205. The van der Waals surface area contributed by atoms with Gasteiger partial charge in [-0.05, 0) is 61.9 Å². The van der Waals surface area contributed by atoms with Gasteiger partial charge in [0.2, 0.25) is 5.91 Å². The lowest BCUT2D eigenvalue weighted by Gasteiger charge is -2.39. The van der Waals surface area contributed by atoms with E-state index < -0.39 is 6.04 Å². The highest BCUT2D eigenvalue weighted by Crippen LogP contribution is 2.35. The summed E-state index contributed by atoms with van der Waals surface area (Å²) in [5, 5.41) is 3.18. The Morgan fingerprint density at radius 2 is 2.00 bits per heavy atom. The molecule has 4 rings (SSSR count). The molecular formula is C23H27BrN2O4. The Kier molecular flexibility index (Phi) is 6.58. The molecule has 3 heterocycles. The van der Waals surface area contributed by atoms with E-state index in [2.05, 4.69) is 33.4 Å². The summed E-state index contributed by atoms with van der Waals surface area (Å²) in [6.45, 7) is 2.46. The Labute approximate surface area is 185 Å². The van der Waals surface area contributed by atoms with Gasteiger partial charge in [-0.25, -0.2) is 0 Å². The van der Waals surface area contributed by atoms with Crippen LogP contribution in [0.3, 0.4) is 0 Å². The van der Waals surface area contributed by atoms with Crippen molar-refractivity contribution >= 4 is 27.7 Å². The minimum atomic E-state index is -0.462. The molecule has 160 valence electrons. The zero-order valence-corrected chi connectivity index (χ0v) is 18.5. The first-order valence-corrected chi connectivity index (χ1v) is 11.3. The third kappa shape index (κ3) is 4.47. The molecule has 1 unspecified atom stereocenters. The van der Waals surface area contributed by atoms with Crippen molar-refractivity contribution in [3.63, 3.8) is 0 Å². The highest BCUT2D eigenvalue weighted by atomic mass is 79.9. The number of likely N-dealkylation sites (tertiary alicyclic amines) is 1. The molecule has 6 nitrogen and oxygen atoms in total. The van der Waals surface area contributed by atoms with Crippen molar-refractivity contribution < 1.29 is 18.7 Å². The van der Waals surface area contributed by atoms with E-state index in [0.717, 1.165) is 30.2 Å². The average molecular weight is 475 g/mol. The van der Waals surface area contributed by atoms with Gasteiger partial charge in [-0.3, -0.25) is 9.59 Å². The van der Waals surface area contributed by atoms with Gasteiger partial charge in [-0.2, -0.15) is 0 Å². The molecule has 0 saturated carbocycles. The summed E-state index contributed by atoms with van der Waals surface area (Å²) in [7, 11) is 0. The van der Waals surface area contributed by atoms with Crippen LogP contribution in [-0.4, -0.2) is 49.1 Å². The van der Waals surface area contributed by atoms with Gasteiger partial charge in [0.15, 0.2) is 5.76 Å². The van der Waals surface area contributed by atoms with Crippen LogP contribution in [0.5, 0.6) is 0 Å². The second kappa shape index (κ2) is 9.35. The number of furan rings is 1. The number of ether oxygens (including phenoxy) is 1. The van der Waals surface area contributed by atoms with E-state index in [1.807, 2.05) is 12.1 Å². The maximum absolute atomic E-state index is 13.2. The molecule has 0 radical (unpaired) electrons. The molecule has 2 aromatic rings. The molecule has 1 N–H and O–H groups in total. The maximum atomic E-state index is 13.2. The van der Waals surface area contributed by atoms with Crippen LogP contribution in [0.25, 0.3) is 0 Å². The lowest BCUT2D eigenvalue weighted by Crippen LogP contribution is -2.54. The number of hydrogen-bond acceptors (Lipinski definition) is 4. The predicted octanol–water partition coefficient (Wildman–Crippen LogP) is 3.90. The fraction of sp³-hybridized carbons (Fsp3) is 0.478. The van der Waals surface area contributed by atoms with Crippen LogP contribution in [0.4, 0.5) is 0 Å². The number of carbonyl (C=O) groups is 2. The molecule has 1 aromatic heterocycles. The number of nitrogens with zero attached hydrogens (tertiary/aromatic N) is 1. The van der Waals surface area contributed by atoms with Crippen molar-refractivity contribution in [3.05, 3.63) is 58.5 Å². The Morgan fingerprint density at radius 1 is 1.17 bits per heavy atom. The predicted molar refractivity (Wildman–Crippen MR) is 116 cm³/mol. The SMILES string of the molecule is O=C(NCC1(c2cccc(Br)c2)CCOCC1)C1CCCCN1C(=O)c1ccco1. The lowest BCUT2D eigenvalue weighted by atomic mass is 9.74. The second-order valence-corrected chi connectivity index (χ2v) is 9.02. The van der Waals surface area contributed by atoms with Gasteiger partial charge >= 0.3 is 0 Å². The molecule has 2 aliphatic rings. The quantitative estimate of drug-likeness (QED) is 0.712. The summed E-state index contributed by atoms with van der Waals surface area (Å²) < 4.78 is 11.9. The molecule has 2 fully saturated rings. The number of nitrogens with one attached hydrogen (secondary N) is 1. The summed E-state index contributed by atoms with van der Waals surface area (Å²) in [6, 6.07) is 11.2. The molecule has 30 heavy (non-hydrogen) atoms. The number of carbonyl (C=O) groups excluding carboxylic acids is 2. The van der Waals surface area contributed by atoms with Gasteiger partial charge in [0.1, 0.15) is 6.04 Å². The van der Waals surface area contributed by atoms with Crippen molar-refractivity contribution in [2.45, 2.75) is 43.6 Å². The van der Waals surface area contributed by atoms with E-state index in [0.29, 0.717) is 32.7 Å². The Balaban J connectivity index is 1.49. The normalized spacial score (nSPS) is 21.2. The number of amides is 2. The van der Waals surface area contributed by atoms with Gasteiger partial charge in [0, 0.05) is 36.2 Å². The van der Waals surface area contributed by atoms with Gasteiger partial charge in [0.05, 0.1) is 6.26 Å². The second-order valence-electron chi connectivity index (χ2n) is 8.11. The van der Waals surface area contributed by atoms with E-state index in [-0.39, 0.29) is 23.0 Å². The molecule has 0 aliphatic carbocycles. The molecule has 7 heteroatoms. The van der Waals surface area contributed by atoms with Crippen molar-refractivity contribution in [3.8, 4) is 0 Å². The van der Waals surface area contributed by atoms with Crippen molar-refractivity contribution in [1.29, 1.82) is 0 Å². The number of rotatable bonds is 5. The highest BCUT2D eigenvalue weighted by Gasteiger charge is 2.38. The Hall–Kier alpha value is -2.12. The lowest BCUT2D eigenvalue weighted by molar-refractivity contribution is -0.127. The monoisotopic (exact) mass is 474 g/mol. The maximum Gasteiger partial charge on any atom is 0.290 e. The van der Waals surface area contributed by atoms with Crippen LogP contribution in [0.2, 0.25) is 0 Å². The average Bonchev–Trinajstić information content (AvgIpc) is 3.33. The summed E-state index contributed by atoms with van der Waals surface area (Å²) in [6.07, 6.45) is 5.69. The van der Waals surface area contributed by atoms with Gasteiger partial charge in [0.25, 0.3) is 5.91 Å². The van der Waals surface area contributed by atoms with Crippen LogP contribution in [0, 0.1) is 0 Å². The smallest absolute Gasteiger partial charge is 0.290 e. The number of benzene rings is 1. The topological polar surface area (TPSA) is 71.8 Å². The summed E-state index contributed by atoms with van der Waals surface area (Å²) in [4.78, 5) is 27.7. The van der Waals surface area contributed by atoms with Gasteiger partial charge < -0.3 is 19.4 Å². The summed E-state index contributed by atoms with van der Waals surface area (Å²) >= 11 is 3.57. The fourth-order valence-corrected chi connectivity index (χ4v) is 4.91. The molecule has 2 aliphatic heterocycles. The standard InChI is InChI=1S/C23H27BrN2O4/c24-18-6-3-5-17(15-18)23(9-13-29-14-10-23)16-25-21(27)19-7-1-2-11-26(19)22(28)20-8-4-12-30-20/h3-6,8,12,15,19H,1-2,7,9-11,13-14,16H2,(H,25,27). The molecule has 0 bridgehead atoms. The Bertz CT molecular complexity index is 877. The summed E-state index contributed by atoms with van der Waals surface area (Å²) in [5.41, 5.74) is 1.04. The molecule has 1 aromatic carbocycles. The van der Waals surface area contributed by atoms with Crippen LogP contribution < -0.4 is 5.32 Å². The first-order chi connectivity index (χ1) is 14.6. The van der Waals surface area contributed by atoms with E-state index in [1.165, 1.54) is 11.8 Å². The van der Waals surface area contributed by atoms with Gasteiger partial charge in [-0.1, -0.05) is 28.1 Å². The largest absolute Gasteiger partial charge is 0.459 e. The van der Waals surface area contributed by atoms with Crippen LogP contribution in [0.1, 0.15) is 48.2 Å². The number of hydrogen-bond donors (Lipinski definition) is 1. The van der Waals surface area contributed by atoms with Gasteiger partial charge in [-0.15, -0.1) is 0 Å². The first kappa shape index (κ1) is 21.1. The third-order valence-corrected chi connectivity index (χ3v) is 6.78. The first-order valence-electron chi connectivity index (χ1n) is 10.6. The van der Waals surface area contributed by atoms with E-state index >= 15 is 0 Å². The van der Waals surface area contributed by atoms with Crippen molar-refractivity contribution in [1.82, 2.24) is 10.2 Å². The minimum absolute atomic E-state index is 0.0875. The molecule has 2 saturated heterocycles. The van der Waals surface area contributed by atoms with Crippen molar-refractivity contribution in [2.24, 2.45) is 0 Å².